The fourth-order valence-electron chi connectivity index (χ4n) is 6.10. The number of aliphatic hydroxyl groups is 1. The lowest BCUT2D eigenvalue weighted by Crippen LogP contribution is -2.36. The number of nitrogens with zero attached hydrogens (tertiary/aromatic N) is 2. The molecule has 1 aromatic heterocycles. The van der Waals surface area contributed by atoms with E-state index < -0.39 is 0 Å². The molecular formula is C30H37ClN4O3. The summed E-state index contributed by atoms with van der Waals surface area (Å²) in [6.45, 7) is 7.07. The van der Waals surface area contributed by atoms with Gasteiger partial charge in [-0.3, -0.25) is 9.69 Å². The highest BCUT2D eigenvalue weighted by atomic mass is 35.5. The minimum absolute atomic E-state index is 0.0971. The molecule has 3 aliphatic heterocycles. The first kappa shape index (κ1) is 25.7. The van der Waals surface area contributed by atoms with E-state index in [-0.39, 0.29) is 12.0 Å². The summed E-state index contributed by atoms with van der Waals surface area (Å²) in [5.74, 6) is 0.524. The number of aliphatic hydroxyl groups excluding tert-OH is 1. The lowest BCUT2D eigenvalue weighted by molar-refractivity contribution is 0.0800. The zero-order valence-electron chi connectivity index (χ0n) is 21.9. The van der Waals surface area contributed by atoms with Crippen molar-refractivity contribution < 1.29 is 14.6 Å². The average Bonchev–Trinajstić information content (AvgIpc) is 3.53. The molecule has 0 aliphatic carbocycles. The summed E-state index contributed by atoms with van der Waals surface area (Å²) in [7, 11) is 0. The molecule has 4 heterocycles. The first-order chi connectivity index (χ1) is 18.5. The maximum atomic E-state index is 12.8. The minimum Gasteiger partial charge on any atom is -0.492 e. The van der Waals surface area contributed by atoms with Crippen molar-refractivity contribution in [2.45, 2.75) is 57.7 Å². The molecule has 0 unspecified atom stereocenters. The number of aromatic amines is 1. The van der Waals surface area contributed by atoms with Gasteiger partial charge in [-0.05, 0) is 75.0 Å². The van der Waals surface area contributed by atoms with Crippen LogP contribution in [-0.4, -0.2) is 71.2 Å². The summed E-state index contributed by atoms with van der Waals surface area (Å²) in [6, 6.07) is 10.7. The van der Waals surface area contributed by atoms with Gasteiger partial charge < -0.3 is 25.0 Å². The van der Waals surface area contributed by atoms with Gasteiger partial charge in [0.05, 0.1) is 23.3 Å². The number of H-pyrrole nitrogens is 1. The Morgan fingerprint density at radius 1 is 1.03 bits per heavy atom. The molecule has 3 aromatic rings. The molecule has 8 heteroatoms. The summed E-state index contributed by atoms with van der Waals surface area (Å²) < 4.78 is 6.18. The lowest BCUT2D eigenvalue weighted by atomic mass is 9.99. The van der Waals surface area contributed by atoms with Gasteiger partial charge in [-0.1, -0.05) is 24.1 Å². The van der Waals surface area contributed by atoms with Gasteiger partial charge in [0.25, 0.3) is 5.91 Å². The van der Waals surface area contributed by atoms with Gasteiger partial charge in [0, 0.05) is 60.4 Å². The largest absolute Gasteiger partial charge is 0.492 e. The molecule has 0 radical (unpaired) electrons. The maximum Gasteiger partial charge on any atom is 0.252 e. The van der Waals surface area contributed by atoms with Crippen molar-refractivity contribution in [3.05, 3.63) is 52.0 Å². The van der Waals surface area contributed by atoms with Crippen LogP contribution in [0, 0.1) is 0 Å². The molecule has 202 valence electrons. The Labute approximate surface area is 229 Å². The van der Waals surface area contributed by atoms with Gasteiger partial charge in [0.1, 0.15) is 5.75 Å². The zero-order valence-corrected chi connectivity index (χ0v) is 22.7. The lowest BCUT2D eigenvalue weighted by Gasteiger charge is -2.29. The fraction of sp³-hybridized carbons (Fsp3) is 0.500. The van der Waals surface area contributed by atoms with Gasteiger partial charge >= 0.3 is 0 Å². The van der Waals surface area contributed by atoms with Crippen LogP contribution in [0.1, 0.15) is 60.0 Å². The molecule has 7 nitrogen and oxygen atoms in total. The van der Waals surface area contributed by atoms with Crippen LogP contribution in [-0.2, 0) is 13.1 Å². The number of hydrogen-bond acceptors (Lipinski definition) is 5. The quantitative estimate of drug-likeness (QED) is 0.355. The van der Waals surface area contributed by atoms with Crippen LogP contribution in [0.15, 0.2) is 30.3 Å². The second kappa shape index (κ2) is 11.3. The Balaban J connectivity index is 1.21. The molecule has 3 aliphatic rings. The van der Waals surface area contributed by atoms with Gasteiger partial charge in [-0.25, -0.2) is 0 Å². The van der Waals surface area contributed by atoms with Crippen LogP contribution in [0.5, 0.6) is 5.75 Å². The maximum absolute atomic E-state index is 12.8. The number of amides is 1. The smallest absolute Gasteiger partial charge is 0.252 e. The predicted octanol–water partition coefficient (Wildman–Crippen LogP) is 4.94. The Morgan fingerprint density at radius 2 is 1.84 bits per heavy atom. The number of carbonyl (C=O) groups is 1. The molecule has 0 atom stereocenters. The monoisotopic (exact) mass is 536 g/mol. The number of nitrogens with one attached hydrogen (secondary N) is 2. The zero-order chi connectivity index (χ0) is 26.1. The van der Waals surface area contributed by atoms with Crippen molar-refractivity contribution >= 4 is 28.4 Å². The number of fused-ring (bicyclic) bond motifs is 2. The third kappa shape index (κ3) is 5.43. The Hall–Kier alpha value is -2.58. The van der Waals surface area contributed by atoms with Crippen molar-refractivity contribution in [2.24, 2.45) is 0 Å². The highest BCUT2D eigenvalue weighted by Gasteiger charge is 2.29. The molecular weight excluding hydrogens is 500 g/mol. The highest BCUT2D eigenvalue weighted by Crippen LogP contribution is 2.41. The second-order valence-corrected chi connectivity index (χ2v) is 11.4. The molecule has 2 aromatic carbocycles. The topological polar surface area (TPSA) is 80.8 Å². The average molecular weight is 537 g/mol. The molecule has 2 saturated heterocycles. The van der Waals surface area contributed by atoms with Crippen molar-refractivity contribution in [1.29, 1.82) is 0 Å². The van der Waals surface area contributed by atoms with E-state index in [9.17, 15) is 9.90 Å². The number of likely N-dealkylation sites (tertiary alicyclic amines) is 2. The van der Waals surface area contributed by atoms with E-state index in [1.165, 1.54) is 37.9 Å². The normalized spacial score (nSPS) is 19.2. The standard InChI is InChI=1S/C30H37ClN4O3/c31-29-24-18-32-30(37)28(24)23(17-27(29)38-14-4-11-34-12-7-22(36)8-13-34)26-16-21-15-20(5-6-25(21)33-26)19-35-9-2-1-3-10-35/h5-6,15-17,22,33,36H,1-4,7-14,18-19H2,(H,32,37). The SMILES string of the molecule is O=C1NCc2c(Cl)c(OCCCN3CCC(O)CC3)cc(-c3cc4cc(CN5CCCCC5)ccc4[nH]3)c21. The van der Waals surface area contributed by atoms with Gasteiger partial charge in [0.15, 0.2) is 0 Å². The van der Waals surface area contributed by atoms with E-state index in [4.69, 9.17) is 16.3 Å². The van der Waals surface area contributed by atoms with Crippen molar-refractivity contribution in [2.75, 3.05) is 39.3 Å². The van der Waals surface area contributed by atoms with Crippen LogP contribution in [0.25, 0.3) is 22.2 Å². The van der Waals surface area contributed by atoms with Crippen LogP contribution in [0.3, 0.4) is 0 Å². The van der Waals surface area contributed by atoms with Gasteiger partial charge in [-0.15, -0.1) is 0 Å². The van der Waals surface area contributed by atoms with Crippen molar-refractivity contribution in [3.8, 4) is 17.0 Å². The summed E-state index contributed by atoms with van der Waals surface area (Å²) in [6.07, 6.45) is 6.30. The number of rotatable bonds is 8. The molecule has 0 spiro atoms. The van der Waals surface area contributed by atoms with Crippen molar-refractivity contribution in [1.82, 2.24) is 20.1 Å². The summed E-state index contributed by atoms with van der Waals surface area (Å²) in [5, 5.41) is 14.3. The number of carbonyl (C=O) groups excluding carboxylic acids is 1. The number of piperidine rings is 2. The first-order valence-electron chi connectivity index (χ1n) is 14.1. The second-order valence-electron chi connectivity index (χ2n) is 11.0. The van der Waals surface area contributed by atoms with Crippen LogP contribution < -0.4 is 10.1 Å². The van der Waals surface area contributed by atoms with E-state index in [1.54, 1.807) is 0 Å². The molecule has 1 amide bonds. The van der Waals surface area contributed by atoms with E-state index in [1.807, 2.05) is 6.07 Å². The van der Waals surface area contributed by atoms with E-state index >= 15 is 0 Å². The predicted molar refractivity (Wildman–Crippen MR) is 151 cm³/mol. The number of hydrogen-bond donors (Lipinski definition) is 3. The summed E-state index contributed by atoms with van der Waals surface area (Å²) in [4.78, 5) is 21.3. The molecule has 6 rings (SSSR count). The molecule has 3 N–H and O–H groups in total. The Kier molecular flexibility index (Phi) is 7.61. The van der Waals surface area contributed by atoms with Crippen LogP contribution in [0.2, 0.25) is 5.02 Å². The van der Waals surface area contributed by atoms with E-state index in [0.717, 1.165) is 73.2 Å². The van der Waals surface area contributed by atoms with Crippen molar-refractivity contribution in [3.63, 3.8) is 0 Å². The highest BCUT2D eigenvalue weighted by molar-refractivity contribution is 6.34. The number of benzene rings is 2. The Bertz CT molecular complexity index is 1310. The van der Waals surface area contributed by atoms with Crippen LogP contribution in [0.4, 0.5) is 0 Å². The number of aromatic nitrogens is 1. The van der Waals surface area contributed by atoms with E-state index in [2.05, 4.69) is 44.4 Å². The molecule has 2 fully saturated rings. The summed E-state index contributed by atoms with van der Waals surface area (Å²) in [5.41, 5.74) is 5.54. The number of ether oxygens (including phenoxy) is 1. The summed E-state index contributed by atoms with van der Waals surface area (Å²) >= 11 is 6.74. The van der Waals surface area contributed by atoms with Gasteiger partial charge in [-0.2, -0.15) is 0 Å². The molecule has 0 bridgehead atoms. The van der Waals surface area contributed by atoms with Gasteiger partial charge in [0.2, 0.25) is 0 Å². The fourth-order valence-corrected chi connectivity index (χ4v) is 6.37. The van der Waals surface area contributed by atoms with E-state index in [0.29, 0.717) is 29.5 Å². The first-order valence-corrected chi connectivity index (χ1v) is 14.4. The van der Waals surface area contributed by atoms with Crippen LogP contribution >= 0.6 is 11.6 Å². The molecule has 0 saturated carbocycles. The third-order valence-corrected chi connectivity index (χ3v) is 8.66. The third-order valence-electron chi connectivity index (χ3n) is 8.24. The number of halogens is 1. The molecule has 38 heavy (non-hydrogen) atoms. The Morgan fingerprint density at radius 3 is 2.66 bits per heavy atom. The minimum atomic E-state index is -0.159.